The fourth-order valence-corrected chi connectivity index (χ4v) is 4.24. The minimum atomic E-state index is -3.37. The van der Waals surface area contributed by atoms with E-state index < -0.39 is 10.2 Å². The molecule has 2 rings (SSSR count). The van der Waals surface area contributed by atoms with Gasteiger partial charge in [-0.3, -0.25) is 0 Å². The highest BCUT2D eigenvalue weighted by atomic mass is 32.2. The van der Waals surface area contributed by atoms with Crippen LogP contribution in [0.4, 0.5) is 0 Å². The summed E-state index contributed by atoms with van der Waals surface area (Å²) in [4.78, 5) is 0. The van der Waals surface area contributed by atoms with Gasteiger partial charge >= 0.3 is 0 Å². The van der Waals surface area contributed by atoms with Crippen LogP contribution in [0.5, 0.6) is 0 Å². The van der Waals surface area contributed by atoms with Crippen molar-refractivity contribution in [3.8, 4) is 0 Å². The summed E-state index contributed by atoms with van der Waals surface area (Å²) in [6, 6.07) is 8.52. The lowest BCUT2D eigenvalue weighted by Gasteiger charge is -2.27. The molecule has 0 aromatic heterocycles. The van der Waals surface area contributed by atoms with Crippen molar-refractivity contribution < 1.29 is 8.42 Å². The summed E-state index contributed by atoms with van der Waals surface area (Å²) in [5.74, 6) is 0.493. The van der Waals surface area contributed by atoms with Crippen molar-refractivity contribution in [1.29, 1.82) is 0 Å². The van der Waals surface area contributed by atoms with Gasteiger partial charge in [-0.05, 0) is 36.3 Å². The highest BCUT2D eigenvalue weighted by molar-refractivity contribution is 7.86. The molecular formula is C18H30N2O2S. The molecule has 0 heterocycles. The van der Waals surface area contributed by atoms with Crippen LogP contribution < -0.4 is 0 Å². The average molecular weight is 339 g/mol. The van der Waals surface area contributed by atoms with Crippen molar-refractivity contribution in [2.45, 2.75) is 65.0 Å². The number of rotatable bonds is 9. The predicted molar refractivity (Wildman–Crippen MR) is 95.6 cm³/mol. The second-order valence-corrected chi connectivity index (χ2v) is 8.84. The van der Waals surface area contributed by atoms with Crippen LogP contribution in [0.15, 0.2) is 24.3 Å². The monoisotopic (exact) mass is 338 g/mol. The molecule has 0 radical (unpaired) electrons. The molecule has 130 valence electrons. The summed E-state index contributed by atoms with van der Waals surface area (Å²) in [7, 11) is -1.67. The molecule has 4 nitrogen and oxygen atoms in total. The number of nitrogens with zero attached hydrogens (tertiary/aromatic N) is 2. The van der Waals surface area contributed by atoms with E-state index in [9.17, 15) is 8.42 Å². The maximum atomic E-state index is 12.8. The lowest BCUT2D eigenvalue weighted by Crippen LogP contribution is -2.43. The van der Waals surface area contributed by atoms with Gasteiger partial charge in [0.25, 0.3) is 10.2 Å². The second kappa shape index (κ2) is 7.77. The van der Waals surface area contributed by atoms with Gasteiger partial charge in [0.1, 0.15) is 0 Å². The Bertz CT molecular complexity index is 592. The van der Waals surface area contributed by atoms with E-state index in [4.69, 9.17) is 0 Å². The molecule has 1 saturated carbocycles. The van der Waals surface area contributed by atoms with Crippen LogP contribution in [0.3, 0.4) is 0 Å². The van der Waals surface area contributed by atoms with Gasteiger partial charge in [0.15, 0.2) is 0 Å². The lowest BCUT2D eigenvalue weighted by atomic mass is 10.0. The van der Waals surface area contributed by atoms with Crippen molar-refractivity contribution in [3.63, 3.8) is 0 Å². The highest BCUT2D eigenvalue weighted by Gasteiger charge is 2.39. The van der Waals surface area contributed by atoms with Crippen molar-refractivity contribution in [3.05, 3.63) is 35.4 Å². The maximum absolute atomic E-state index is 12.8. The van der Waals surface area contributed by atoms with Gasteiger partial charge in [0.05, 0.1) is 0 Å². The van der Waals surface area contributed by atoms with Gasteiger partial charge in [-0.15, -0.1) is 0 Å². The molecule has 0 bridgehead atoms. The van der Waals surface area contributed by atoms with E-state index in [1.165, 1.54) is 9.87 Å². The van der Waals surface area contributed by atoms with Gasteiger partial charge in [0, 0.05) is 26.2 Å². The van der Waals surface area contributed by atoms with Gasteiger partial charge < -0.3 is 0 Å². The molecule has 0 spiro atoms. The highest BCUT2D eigenvalue weighted by Crippen LogP contribution is 2.32. The first-order valence-corrected chi connectivity index (χ1v) is 10.1. The first kappa shape index (κ1) is 18.4. The van der Waals surface area contributed by atoms with Crippen LogP contribution in [0.2, 0.25) is 0 Å². The second-order valence-electron chi connectivity index (χ2n) is 6.86. The molecule has 23 heavy (non-hydrogen) atoms. The van der Waals surface area contributed by atoms with E-state index in [1.54, 1.807) is 11.4 Å². The van der Waals surface area contributed by atoms with E-state index in [-0.39, 0.29) is 6.04 Å². The molecular weight excluding hydrogens is 308 g/mol. The van der Waals surface area contributed by atoms with Gasteiger partial charge in [-0.1, -0.05) is 51.5 Å². The molecule has 1 aromatic rings. The molecule has 1 aromatic carbocycles. The van der Waals surface area contributed by atoms with Crippen LogP contribution in [-0.2, 0) is 16.8 Å². The van der Waals surface area contributed by atoms with E-state index in [2.05, 4.69) is 45.0 Å². The van der Waals surface area contributed by atoms with E-state index in [0.29, 0.717) is 19.0 Å². The maximum Gasteiger partial charge on any atom is 0.282 e. The zero-order valence-corrected chi connectivity index (χ0v) is 15.6. The Hall–Kier alpha value is -0.910. The van der Waals surface area contributed by atoms with Crippen molar-refractivity contribution in [2.24, 2.45) is 0 Å². The standard InChI is InChI=1S/C18H30N2O2S/c1-5-6-13-19(4)23(21,22)20(18-11-12-18)14-16-7-9-17(10-8-16)15(2)3/h7-10,15,18H,5-6,11-14H2,1-4H3. The summed E-state index contributed by atoms with van der Waals surface area (Å²) < 4.78 is 28.9. The fourth-order valence-electron chi connectivity index (χ4n) is 2.62. The summed E-state index contributed by atoms with van der Waals surface area (Å²) in [6.45, 7) is 7.48. The first-order valence-electron chi connectivity index (χ1n) is 8.68. The normalized spacial score (nSPS) is 15.8. The fraction of sp³-hybridized carbons (Fsp3) is 0.667. The van der Waals surface area contributed by atoms with E-state index in [1.807, 2.05) is 0 Å². The summed E-state index contributed by atoms with van der Waals surface area (Å²) in [6.07, 6.45) is 3.85. The third kappa shape index (κ3) is 4.78. The Kier molecular flexibility index (Phi) is 6.23. The quantitative estimate of drug-likeness (QED) is 0.688. The van der Waals surface area contributed by atoms with Crippen molar-refractivity contribution in [2.75, 3.05) is 13.6 Å². The van der Waals surface area contributed by atoms with Crippen LogP contribution in [0.1, 0.15) is 63.5 Å². The SMILES string of the molecule is CCCCN(C)S(=O)(=O)N(Cc1ccc(C(C)C)cc1)C1CC1. The number of unbranched alkanes of at least 4 members (excludes halogenated alkanes) is 1. The Labute approximate surface area is 141 Å². The van der Waals surface area contributed by atoms with Crippen molar-refractivity contribution in [1.82, 2.24) is 8.61 Å². The molecule has 1 aliphatic rings. The Morgan fingerprint density at radius 2 is 1.78 bits per heavy atom. The minimum absolute atomic E-state index is 0.175. The molecule has 1 aliphatic carbocycles. The number of hydrogen-bond donors (Lipinski definition) is 0. The van der Waals surface area contributed by atoms with Crippen LogP contribution in [0, 0.1) is 0 Å². The smallest absolute Gasteiger partial charge is 0.195 e. The predicted octanol–water partition coefficient (Wildman–Crippen LogP) is 3.75. The zero-order valence-electron chi connectivity index (χ0n) is 14.8. The molecule has 0 saturated heterocycles. The average Bonchev–Trinajstić information content (AvgIpc) is 3.35. The topological polar surface area (TPSA) is 40.6 Å². The molecule has 0 unspecified atom stereocenters. The Balaban J connectivity index is 2.12. The first-order chi connectivity index (χ1) is 10.9. The Morgan fingerprint density at radius 1 is 1.17 bits per heavy atom. The van der Waals surface area contributed by atoms with Crippen LogP contribution in [-0.4, -0.2) is 36.7 Å². The minimum Gasteiger partial charge on any atom is -0.195 e. The van der Waals surface area contributed by atoms with Gasteiger partial charge in [-0.25, -0.2) is 0 Å². The Morgan fingerprint density at radius 3 is 2.26 bits per heavy atom. The number of hydrogen-bond acceptors (Lipinski definition) is 2. The van der Waals surface area contributed by atoms with Gasteiger partial charge in [0.2, 0.25) is 0 Å². The molecule has 1 fully saturated rings. The largest absolute Gasteiger partial charge is 0.282 e. The molecule has 0 amide bonds. The molecule has 0 N–H and O–H groups in total. The molecule has 5 heteroatoms. The lowest BCUT2D eigenvalue weighted by molar-refractivity contribution is 0.345. The van der Waals surface area contributed by atoms with E-state index in [0.717, 1.165) is 31.2 Å². The van der Waals surface area contributed by atoms with Crippen LogP contribution in [0.25, 0.3) is 0 Å². The third-order valence-corrected chi connectivity index (χ3v) is 6.45. The number of benzene rings is 1. The van der Waals surface area contributed by atoms with Gasteiger partial charge in [-0.2, -0.15) is 17.0 Å². The third-order valence-electron chi connectivity index (χ3n) is 4.46. The summed E-state index contributed by atoms with van der Waals surface area (Å²) in [5.41, 5.74) is 2.35. The molecule has 0 aliphatic heterocycles. The summed E-state index contributed by atoms with van der Waals surface area (Å²) >= 11 is 0. The molecule has 0 atom stereocenters. The van der Waals surface area contributed by atoms with Crippen molar-refractivity contribution >= 4 is 10.2 Å². The van der Waals surface area contributed by atoms with Crippen LogP contribution >= 0.6 is 0 Å². The zero-order chi connectivity index (χ0) is 17.0. The van der Waals surface area contributed by atoms with E-state index >= 15 is 0 Å². The summed E-state index contributed by atoms with van der Waals surface area (Å²) in [5, 5.41) is 0.